The van der Waals surface area contributed by atoms with Crippen molar-refractivity contribution in [3.8, 4) is 0 Å². The van der Waals surface area contributed by atoms with Crippen LogP contribution in [-0.4, -0.2) is 26.5 Å². The van der Waals surface area contributed by atoms with Crippen molar-refractivity contribution in [2.24, 2.45) is 5.41 Å². The summed E-state index contributed by atoms with van der Waals surface area (Å²) in [6, 6.07) is 0. The second-order valence-corrected chi connectivity index (χ2v) is 13.0. The third-order valence-electron chi connectivity index (χ3n) is 4.13. The normalized spacial score (nSPS) is 24.0. The molecule has 4 heteroatoms. The Morgan fingerprint density at radius 3 is 2.00 bits per heavy atom. The van der Waals surface area contributed by atoms with E-state index in [1.807, 2.05) is 32.9 Å². The molecule has 0 fully saturated rings. The van der Waals surface area contributed by atoms with Crippen LogP contribution in [0.25, 0.3) is 0 Å². The van der Waals surface area contributed by atoms with E-state index in [1.54, 1.807) is 0 Å². The van der Waals surface area contributed by atoms with Crippen LogP contribution < -0.4 is 0 Å². The van der Waals surface area contributed by atoms with Gasteiger partial charge in [0.1, 0.15) is 6.10 Å². The molecule has 0 bridgehead atoms. The van der Waals surface area contributed by atoms with Gasteiger partial charge in [0.15, 0.2) is 8.32 Å². The van der Waals surface area contributed by atoms with E-state index in [2.05, 4.69) is 33.9 Å². The highest BCUT2D eigenvalue weighted by atomic mass is 28.4. The van der Waals surface area contributed by atoms with Gasteiger partial charge in [-0.1, -0.05) is 26.8 Å². The highest BCUT2D eigenvalue weighted by Gasteiger charge is 2.40. The van der Waals surface area contributed by atoms with Gasteiger partial charge >= 0.3 is 5.97 Å². The van der Waals surface area contributed by atoms with Gasteiger partial charge in [-0.15, -0.1) is 0 Å². The fourth-order valence-electron chi connectivity index (χ4n) is 1.68. The first kappa shape index (κ1) is 17.4. The van der Waals surface area contributed by atoms with Crippen molar-refractivity contribution >= 4 is 14.3 Å². The Labute approximate surface area is 124 Å². The zero-order valence-corrected chi connectivity index (χ0v) is 15.2. The van der Waals surface area contributed by atoms with Crippen LogP contribution in [0.1, 0.15) is 48.0 Å². The molecule has 1 aliphatic rings. The van der Waals surface area contributed by atoms with Gasteiger partial charge < -0.3 is 9.16 Å². The number of rotatable bonds is 3. The van der Waals surface area contributed by atoms with Crippen molar-refractivity contribution in [2.45, 2.75) is 78.3 Å². The van der Waals surface area contributed by atoms with E-state index in [0.717, 1.165) is 6.42 Å². The van der Waals surface area contributed by atoms with Crippen molar-refractivity contribution < 1.29 is 14.0 Å². The molecule has 0 aromatic rings. The van der Waals surface area contributed by atoms with Gasteiger partial charge in [0.2, 0.25) is 0 Å². The van der Waals surface area contributed by atoms with E-state index in [4.69, 9.17) is 9.16 Å². The maximum absolute atomic E-state index is 11.9. The predicted molar refractivity (Wildman–Crippen MR) is 85.2 cm³/mol. The average molecular weight is 298 g/mol. The molecule has 0 spiro atoms. The van der Waals surface area contributed by atoms with Gasteiger partial charge in [-0.2, -0.15) is 0 Å². The van der Waals surface area contributed by atoms with Gasteiger partial charge in [0.05, 0.1) is 11.5 Å². The lowest BCUT2D eigenvalue weighted by molar-refractivity contribution is -0.156. The van der Waals surface area contributed by atoms with Crippen LogP contribution in [0.4, 0.5) is 0 Å². The number of hydrogen-bond donors (Lipinski definition) is 0. The molecule has 0 amide bonds. The van der Waals surface area contributed by atoms with Crippen molar-refractivity contribution in [1.82, 2.24) is 0 Å². The standard InChI is InChI=1S/C16H30O3Si/c1-15(2,3)14(17)18-12-9-10-13(11-12)19-20(7,8)16(4,5)6/h9-10,12-13H,11H2,1-8H3/t12-,13+/m1/s1. The summed E-state index contributed by atoms with van der Waals surface area (Å²) in [5.74, 6) is -0.153. The molecule has 0 heterocycles. The Hall–Kier alpha value is -0.613. The lowest BCUT2D eigenvalue weighted by atomic mass is 9.97. The third-order valence-corrected chi connectivity index (χ3v) is 8.63. The van der Waals surface area contributed by atoms with E-state index >= 15 is 0 Å². The summed E-state index contributed by atoms with van der Waals surface area (Å²) >= 11 is 0. The first-order valence-electron chi connectivity index (χ1n) is 7.40. The Morgan fingerprint density at radius 1 is 1.05 bits per heavy atom. The molecule has 1 aliphatic carbocycles. The second-order valence-electron chi connectivity index (χ2n) is 8.23. The first-order valence-corrected chi connectivity index (χ1v) is 10.3. The maximum Gasteiger partial charge on any atom is 0.311 e. The summed E-state index contributed by atoms with van der Waals surface area (Å²) in [6.07, 6.45) is 4.68. The molecule has 0 N–H and O–H groups in total. The minimum absolute atomic E-state index is 0.0775. The average Bonchev–Trinajstić information content (AvgIpc) is 2.61. The van der Waals surface area contributed by atoms with Crippen LogP contribution in [0.5, 0.6) is 0 Å². The van der Waals surface area contributed by atoms with Crippen molar-refractivity contribution in [1.29, 1.82) is 0 Å². The monoisotopic (exact) mass is 298 g/mol. The summed E-state index contributed by atoms with van der Waals surface area (Å²) in [5, 5.41) is 0.195. The van der Waals surface area contributed by atoms with Gasteiger partial charge in [-0.05, 0) is 45.0 Å². The smallest absolute Gasteiger partial charge is 0.311 e. The molecule has 0 aromatic heterocycles. The zero-order valence-electron chi connectivity index (χ0n) is 14.2. The zero-order chi connectivity index (χ0) is 15.8. The molecule has 1 rings (SSSR count). The number of carbonyl (C=O) groups is 1. The molecule has 3 nitrogen and oxygen atoms in total. The molecule has 116 valence electrons. The van der Waals surface area contributed by atoms with E-state index in [-0.39, 0.29) is 23.2 Å². The van der Waals surface area contributed by atoms with Crippen LogP contribution in [0.2, 0.25) is 18.1 Å². The molecule has 0 saturated heterocycles. The summed E-state index contributed by atoms with van der Waals surface area (Å²) in [7, 11) is -1.77. The second kappa shape index (κ2) is 5.64. The Kier molecular flexibility index (Phi) is 4.92. The minimum atomic E-state index is -1.77. The maximum atomic E-state index is 11.9. The predicted octanol–water partition coefficient (Wildman–Crippen LogP) is 4.29. The molecule has 20 heavy (non-hydrogen) atoms. The molecule has 0 aliphatic heterocycles. The molecule has 0 radical (unpaired) electrons. The molecule has 0 saturated carbocycles. The Bertz CT molecular complexity index is 386. The summed E-state index contributed by atoms with van der Waals surface area (Å²) in [6.45, 7) is 16.8. The number of hydrogen-bond acceptors (Lipinski definition) is 3. The van der Waals surface area contributed by atoms with Crippen LogP contribution >= 0.6 is 0 Å². The van der Waals surface area contributed by atoms with Crippen LogP contribution in [-0.2, 0) is 14.0 Å². The van der Waals surface area contributed by atoms with Crippen LogP contribution in [0.15, 0.2) is 12.2 Å². The molecule has 2 atom stereocenters. The van der Waals surface area contributed by atoms with E-state index in [9.17, 15) is 4.79 Å². The Balaban J connectivity index is 2.54. The number of ether oxygens (including phenoxy) is 1. The topological polar surface area (TPSA) is 35.5 Å². The number of carbonyl (C=O) groups excluding carboxylic acids is 1. The first-order chi connectivity index (χ1) is 8.83. The van der Waals surface area contributed by atoms with Gasteiger partial charge in [0.25, 0.3) is 0 Å². The van der Waals surface area contributed by atoms with Gasteiger partial charge in [0, 0.05) is 6.42 Å². The lowest BCUT2D eigenvalue weighted by Gasteiger charge is -2.38. The van der Waals surface area contributed by atoms with Crippen molar-refractivity contribution in [2.75, 3.05) is 0 Å². The van der Waals surface area contributed by atoms with Gasteiger partial charge in [-0.3, -0.25) is 4.79 Å². The van der Waals surface area contributed by atoms with Crippen molar-refractivity contribution in [3.63, 3.8) is 0 Å². The fraction of sp³-hybridized carbons (Fsp3) is 0.812. The lowest BCUT2D eigenvalue weighted by Crippen LogP contribution is -2.43. The van der Waals surface area contributed by atoms with Crippen LogP contribution in [0.3, 0.4) is 0 Å². The quantitative estimate of drug-likeness (QED) is 0.443. The van der Waals surface area contributed by atoms with Gasteiger partial charge in [-0.25, -0.2) is 0 Å². The largest absolute Gasteiger partial charge is 0.458 e. The summed E-state index contributed by atoms with van der Waals surface area (Å²) < 4.78 is 11.8. The number of esters is 1. The Morgan fingerprint density at radius 2 is 1.55 bits per heavy atom. The molecule has 0 unspecified atom stereocenters. The molecular weight excluding hydrogens is 268 g/mol. The fourth-order valence-corrected chi connectivity index (χ4v) is 2.96. The molecular formula is C16H30O3Si. The SMILES string of the molecule is CC(C)(C)C(=O)O[C@@H]1C=C[C@H](O[Si](C)(C)C(C)(C)C)C1. The third kappa shape index (κ3) is 4.45. The van der Waals surface area contributed by atoms with Crippen molar-refractivity contribution in [3.05, 3.63) is 12.2 Å². The molecule has 0 aromatic carbocycles. The summed E-state index contributed by atoms with van der Waals surface area (Å²) in [5.41, 5.74) is -0.452. The minimum Gasteiger partial charge on any atom is -0.458 e. The van der Waals surface area contributed by atoms with E-state index < -0.39 is 13.7 Å². The van der Waals surface area contributed by atoms with E-state index in [0.29, 0.717) is 0 Å². The highest BCUT2D eigenvalue weighted by molar-refractivity contribution is 6.74. The summed E-state index contributed by atoms with van der Waals surface area (Å²) in [4.78, 5) is 11.9. The van der Waals surface area contributed by atoms with E-state index in [1.165, 1.54) is 0 Å². The highest BCUT2D eigenvalue weighted by Crippen LogP contribution is 2.38. The van der Waals surface area contributed by atoms with Crippen LogP contribution in [0, 0.1) is 5.41 Å².